The minimum absolute atomic E-state index is 0.0717. The van der Waals surface area contributed by atoms with Crippen LogP contribution < -0.4 is 9.80 Å². The van der Waals surface area contributed by atoms with Gasteiger partial charge in [-0.2, -0.15) is 0 Å². The van der Waals surface area contributed by atoms with Crippen LogP contribution in [0.4, 0.5) is 11.4 Å². The number of hydrogen-bond donors (Lipinski definition) is 0. The van der Waals surface area contributed by atoms with E-state index in [1.165, 1.54) is 0 Å². The molecule has 0 radical (unpaired) electrons. The Hall–Kier alpha value is -3.84. The predicted octanol–water partition coefficient (Wildman–Crippen LogP) is 4.41. The number of carbonyl (C=O) groups excluding carboxylic acids is 2. The fourth-order valence-corrected chi connectivity index (χ4v) is 3.79. The molecule has 4 nitrogen and oxygen atoms in total. The van der Waals surface area contributed by atoms with Crippen LogP contribution in [0.2, 0.25) is 0 Å². The molecule has 0 spiro atoms. The minimum atomic E-state index is -0.908. The molecule has 0 fully saturated rings. The highest BCUT2D eigenvalue weighted by molar-refractivity contribution is 6.17. The number of para-hydroxylation sites is 2. The number of rotatable bonds is 5. The van der Waals surface area contributed by atoms with Gasteiger partial charge in [-0.25, -0.2) is 0 Å². The zero-order valence-electron chi connectivity index (χ0n) is 16.6. The molecule has 3 aromatic rings. The van der Waals surface area contributed by atoms with Crippen molar-refractivity contribution in [1.29, 1.82) is 0 Å². The number of amides is 2. The summed E-state index contributed by atoms with van der Waals surface area (Å²) < 4.78 is 0. The molecule has 0 aliphatic carbocycles. The first-order valence-electron chi connectivity index (χ1n) is 9.92. The monoisotopic (exact) mass is 394 g/mol. The van der Waals surface area contributed by atoms with Gasteiger partial charge >= 0.3 is 0 Å². The number of carbonyl (C=O) groups is 2. The van der Waals surface area contributed by atoms with E-state index >= 15 is 0 Å². The Balaban J connectivity index is 1.81. The average Bonchev–Trinajstić information content (AvgIpc) is 2.86. The second kappa shape index (κ2) is 8.67. The molecule has 0 N–H and O–H groups in total. The number of anilines is 2. The number of fused-ring (bicyclic) bond motifs is 1. The van der Waals surface area contributed by atoms with Crippen LogP contribution in [0.3, 0.4) is 0 Å². The summed E-state index contributed by atoms with van der Waals surface area (Å²) in [5, 5.41) is 0. The smallest absolute Gasteiger partial charge is 0.240 e. The Morgan fingerprint density at radius 2 is 1.07 bits per heavy atom. The lowest BCUT2D eigenvalue weighted by Gasteiger charge is -2.25. The lowest BCUT2D eigenvalue weighted by Crippen LogP contribution is -2.41. The van der Waals surface area contributed by atoms with Gasteiger partial charge < -0.3 is 9.80 Å². The second-order valence-corrected chi connectivity index (χ2v) is 7.27. The maximum Gasteiger partial charge on any atom is 0.240 e. The Morgan fingerprint density at radius 3 is 1.47 bits per heavy atom. The van der Waals surface area contributed by atoms with Crippen LogP contribution in [0.25, 0.3) is 0 Å². The number of benzene rings is 3. The van der Waals surface area contributed by atoms with Crippen molar-refractivity contribution in [3.8, 4) is 12.3 Å². The van der Waals surface area contributed by atoms with Gasteiger partial charge in [-0.15, -0.1) is 12.3 Å². The van der Waals surface area contributed by atoms with Crippen LogP contribution in [0, 0.1) is 18.3 Å². The maximum atomic E-state index is 13.5. The third-order valence-electron chi connectivity index (χ3n) is 5.28. The van der Waals surface area contributed by atoms with Crippen molar-refractivity contribution in [2.45, 2.75) is 19.5 Å². The van der Waals surface area contributed by atoms with Crippen LogP contribution in [0.5, 0.6) is 0 Å². The highest BCUT2D eigenvalue weighted by atomic mass is 16.2. The van der Waals surface area contributed by atoms with E-state index in [4.69, 9.17) is 6.42 Å². The summed E-state index contributed by atoms with van der Waals surface area (Å²) in [7, 11) is 0. The average molecular weight is 394 g/mol. The van der Waals surface area contributed by atoms with Crippen LogP contribution in [-0.2, 0) is 22.7 Å². The molecule has 0 bridgehead atoms. The van der Waals surface area contributed by atoms with Crippen molar-refractivity contribution >= 4 is 23.2 Å². The van der Waals surface area contributed by atoms with Gasteiger partial charge in [0.05, 0.1) is 24.5 Å². The second-order valence-electron chi connectivity index (χ2n) is 7.27. The Morgan fingerprint density at radius 1 is 0.667 bits per heavy atom. The lowest BCUT2D eigenvalue weighted by molar-refractivity contribution is -0.131. The molecule has 148 valence electrons. The van der Waals surface area contributed by atoms with Crippen molar-refractivity contribution in [2.75, 3.05) is 9.80 Å². The Bertz CT molecular complexity index is 1010. The summed E-state index contributed by atoms with van der Waals surface area (Å²) in [6.45, 7) is 0.758. The molecule has 0 unspecified atom stereocenters. The molecular weight excluding hydrogens is 372 g/mol. The van der Waals surface area contributed by atoms with Gasteiger partial charge in [-0.05, 0) is 23.3 Å². The summed E-state index contributed by atoms with van der Waals surface area (Å²) in [4.78, 5) is 30.4. The third kappa shape index (κ3) is 3.83. The molecule has 3 aromatic carbocycles. The predicted molar refractivity (Wildman–Crippen MR) is 119 cm³/mol. The van der Waals surface area contributed by atoms with Crippen LogP contribution in [0.1, 0.15) is 17.5 Å². The molecule has 1 aliphatic heterocycles. The Kier molecular flexibility index (Phi) is 5.63. The topological polar surface area (TPSA) is 40.6 Å². The largest absolute Gasteiger partial charge is 0.305 e. The van der Waals surface area contributed by atoms with Crippen molar-refractivity contribution < 1.29 is 9.59 Å². The molecule has 0 saturated carbocycles. The number of terminal acetylenes is 1. The summed E-state index contributed by atoms with van der Waals surface area (Å²) >= 11 is 0. The summed E-state index contributed by atoms with van der Waals surface area (Å²) in [6.07, 6.45) is 5.62. The first-order valence-corrected chi connectivity index (χ1v) is 9.92. The van der Waals surface area contributed by atoms with Crippen molar-refractivity contribution in [1.82, 2.24) is 0 Å². The van der Waals surface area contributed by atoms with Crippen LogP contribution in [0.15, 0.2) is 84.9 Å². The van der Waals surface area contributed by atoms with Gasteiger partial charge in [-0.1, -0.05) is 72.8 Å². The SMILES string of the molecule is C#CCC1C(=O)N(Cc2ccccc2)c2ccccc2N(Cc2ccccc2)C1=O. The number of nitrogens with zero attached hydrogens (tertiary/aromatic N) is 2. The van der Waals surface area contributed by atoms with Crippen LogP contribution in [-0.4, -0.2) is 11.8 Å². The van der Waals surface area contributed by atoms with Gasteiger partial charge in [0.15, 0.2) is 0 Å². The van der Waals surface area contributed by atoms with Crippen LogP contribution >= 0.6 is 0 Å². The van der Waals surface area contributed by atoms with Gasteiger partial charge in [0.2, 0.25) is 11.8 Å². The maximum absolute atomic E-state index is 13.5. The first kappa shape index (κ1) is 19.5. The minimum Gasteiger partial charge on any atom is -0.305 e. The van der Waals surface area contributed by atoms with Gasteiger partial charge in [-0.3, -0.25) is 9.59 Å². The molecule has 0 saturated heterocycles. The third-order valence-corrected chi connectivity index (χ3v) is 5.28. The van der Waals surface area contributed by atoms with E-state index in [0.29, 0.717) is 13.1 Å². The standard InChI is InChI=1S/C26H22N2O2/c1-2-11-22-25(29)27(18-20-12-5-3-6-13-20)23-16-9-10-17-24(23)28(26(22)30)19-21-14-7-4-8-15-21/h1,3-10,12-17,22H,11,18-19H2. The van der Waals surface area contributed by atoms with Gasteiger partial charge in [0.25, 0.3) is 0 Å². The molecule has 0 atom stereocenters. The van der Waals surface area contributed by atoms with E-state index in [-0.39, 0.29) is 18.2 Å². The van der Waals surface area contributed by atoms with E-state index in [1.54, 1.807) is 9.80 Å². The van der Waals surface area contributed by atoms with E-state index < -0.39 is 5.92 Å². The molecule has 1 heterocycles. The fourth-order valence-electron chi connectivity index (χ4n) is 3.79. The summed E-state index contributed by atoms with van der Waals surface area (Å²) in [6, 6.07) is 27.1. The molecule has 4 heteroatoms. The van der Waals surface area contributed by atoms with E-state index in [0.717, 1.165) is 22.5 Å². The van der Waals surface area contributed by atoms with Gasteiger partial charge in [0, 0.05) is 6.42 Å². The molecule has 1 aliphatic rings. The highest BCUT2D eigenvalue weighted by Crippen LogP contribution is 2.37. The quantitative estimate of drug-likeness (QED) is 0.475. The fraction of sp³-hybridized carbons (Fsp3) is 0.154. The zero-order chi connectivity index (χ0) is 20.9. The molecule has 2 amide bonds. The first-order chi connectivity index (χ1) is 14.7. The summed E-state index contributed by atoms with van der Waals surface area (Å²) in [5.41, 5.74) is 3.42. The van der Waals surface area contributed by atoms with Gasteiger partial charge in [0.1, 0.15) is 5.92 Å². The van der Waals surface area contributed by atoms with Crippen molar-refractivity contribution in [3.63, 3.8) is 0 Å². The molecule has 0 aromatic heterocycles. The summed E-state index contributed by atoms with van der Waals surface area (Å²) in [5.74, 6) is 1.10. The van der Waals surface area contributed by atoms with Crippen molar-refractivity contribution in [2.24, 2.45) is 5.92 Å². The Labute approximate surface area is 176 Å². The lowest BCUT2D eigenvalue weighted by atomic mass is 10.0. The van der Waals surface area contributed by atoms with E-state index in [9.17, 15) is 9.59 Å². The molecular formula is C26H22N2O2. The van der Waals surface area contributed by atoms with E-state index in [1.807, 2.05) is 84.9 Å². The normalized spacial score (nSPS) is 14.2. The van der Waals surface area contributed by atoms with Crippen molar-refractivity contribution in [3.05, 3.63) is 96.1 Å². The zero-order valence-corrected chi connectivity index (χ0v) is 16.6. The molecule has 4 rings (SSSR count). The number of hydrogen-bond acceptors (Lipinski definition) is 2. The van der Waals surface area contributed by atoms with E-state index in [2.05, 4.69) is 5.92 Å². The highest BCUT2D eigenvalue weighted by Gasteiger charge is 2.39. The molecule has 30 heavy (non-hydrogen) atoms.